The number of aromatic amines is 1. The molecule has 0 fully saturated rings. The Morgan fingerprint density at radius 2 is 2.00 bits per heavy atom. The smallest absolute Gasteiger partial charge is 0.264 e. The molecule has 1 unspecified atom stereocenters. The van der Waals surface area contributed by atoms with Crippen LogP contribution >= 0.6 is 0 Å². The summed E-state index contributed by atoms with van der Waals surface area (Å²) in [5.41, 5.74) is 7.40. The number of ether oxygens (including phenoxy) is 1. The van der Waals surface area contributed by atoms with Crippen molar-refractivity contribution >= 4 is 12.0 Å². The number of allylic oxidation sites excluding steroid dienone is 2. The summed E-state index contributed by atoms with van der Waals surface area (Å²) in [6.45, 7) is 6.11. The van der Waals surface area contributed by atoms with Crippen molar-refractivity contribution in [3.8, 4) is 16.9 Å². The van der Waals surface area contributed by atoms with E-state index < -0.39 is 11.7 Å². The minimum Gasteiger partial charge on any atom is -0.496 e. The zero-order chi connectivity index (χ0) is 22.8. The van der Waals surface area contributed by atoms with E-state index >= 15 is 0 Å². The highest BCUT2D eigenvalue weighted by molar-refractivity contribution is 5.92. The van der Waals surface area contributed by atoms with Gasteiger partial charge in [-0.2, -0.15) is 0 Å². The van der Waals surface area contributed by atoms with Crippen molar-refractivity contribution in [3.05, 3.63) is 81.7 Å². The second-order valence-electron chi connectivity index (χ2n) is 8.32. The fourth-order valence-corrected chi connectivity index (χ4v) is 3.41. The number of primary amides is 1. The lowest BCUT2D eigenvalue weighted by atomic mass is 9.83. The highest BCUT2D eigenvalue weighted by Gasteiger charge is 2.23. The van der Waals surface area contributed by atoms with Crippen LogP contribution in [0.1, 0.15) is 31.9 Å². The number of nitrogens with two attached hydrogens (primary N) is 1. The summed E-state index contributed by atoms with van der Waals surface area (Å²) in [4.78, 5) is 26.2. The van der Waals surface area contributed by atoms with Crippen LogP contribution in [0.5, 0.6) is 5.75 Å². The number of nitrogens with one attached hydrogen (secondary N) is 2. The number of methoxy groups -OCH3 is 1. The molecule has 0 radical (unpaired) electrons. The summed E-state index contributed by atoms with van der Waals surface area (Å²) in [6, 6.07) is 4.60. The molecule has 2 aromatic rings. The van der Waals surface area contributed by atoms with Gasteiger partial charge in [-0.15, -0.1) is 0 Å². The molecule has 1 aromatic carbocycles. The molecular weight excluding hydrogens is 397 g/mol. The van der Waals surface area contributed by atoms with Crippen LogP contribution in [0.25, 0.3) is 17.2 Å². The molecule has 1 aliphatic heterocycles. The first-order valence-corrected chi connectivity index (χ1v) is 9.84. The van der Waals surface area contributed by atoms with Crippen molar-refractivity contribution < 1.29 is 13.9 Å². The SMILES string of the molecule is COc1c(/C=C/C2C=CC=C(C(N)=O)N2)cc(-c2cc(F)c[nH]c2=O)cc1C(C)(C)C. The number of H-pyrrole nitrogens is 1. The van der Waals surface area contributed by atoms with Gasteiger partial charge in [-0.3, -0.25) is 9.59 Å². The number of hydrogen-bond acceptors (Lipinski definition) is 4. The fraction of sp³-hybridized carbons (Fsp3) is 0.250. The van der Waals surface area contributed by atoms with Gasteiger partial charge in [0, 0.05) is 22.9 Å². The van der Waals surface area contributed by atoms with E-state index in [4.69, 9.17) is 10.5 Å². The maximum atomic E-state index is 13.8. The monoisotopic (exact) mass is 423 g/mol. The van der Waals surface area contributed by atoms with Crippen LogP contribution in [0.2, 0.25) is 0 Å². The summed E-state index contributed by atoms with van der Waals surface area (Å²) in [6.07, 6.45) is 9.98. The van der Waals surface area contributed by atoms with E-state index in [1.165, 1.54) is 6.07 Å². The van der Waals surface area contributed by atoms with Gasteiger partial charge in [-0.25, -0.2) is 4.39 Å². The van der Waals surface area contributed by atoms with Crippen molar-refractivity contribution in [1.82, 2.24) is 10.3 Å². The third-order valence-corrected chi connectivity index (χ3v) is 4.96. The normalized spacial score (nSPS) is 16.2. The molecule has 0 spiro atoms. The second-order valence-corrected chi connectivity index (χ2v) is 8.32. The lowest BCUT2D eigenvalue weighted by Crippen LogP contribution is -2.33. The third kappa shape index (κ3) is 4.94. The van der Waals surface area contributed by atoms with Gasteiger partial charge in [0.15, 0.2) is 0 Å². The summed E-state index contributed by atoms with van der Waals surface area (Å²) in [7, 11) is 1.59. The summed E-state index contributed by atoms with van der Waals surface area (Å²) < 4.78 is 19.6. The highest BCUT2D eigenvalue weighted by Crippen LogP contribution is 2.38. The number of benzene rings is 1. The van der Waals surface area contributed by atoms with E-state index in [0.29, 0.717) is 17.0 Å². The summed E-state index contributed by atoms with van der Waals surface area (Å²) in [5, 5.41) is 3.04. The van der Waals surface area contributed by atoms with Gasteiger partial charge >= 0.3 is 0 Å². The summed E-state index contributed by atoms with van der Waals surface area (Å²) in [5.74, 6) is -0.407. The Kier molecular flexibility index (Phi) is 6.15. The molecule has 1 aromatic heterocycles. The van der Waals surface area contributed by atoms with Crippen LogP contribution in [0.3, 0.4) is 0 Å². The molecule has 0 aliphatic carbocycles. The average Bonchev–Trinajstić information content (AvgIpc) is 2.72. The Balaban J connectivity index is 2.11. The lowest BCUT2D eigenvalue weighted by molar-refractivity contribution is -0.114. The summed E-state index contributed by atoms with van der Waals surface area (Å²) >= 11 is 0. The first-order chi connectivity index (χ1) is 14.6. The molecule has 1 aliphatic rings. The van der Waals surface area contributed by atoms with Gasteiger partial charge in [0.1, 0.15) is 17.3 Å². The Morgan fingerprint density at radius 3 is 2.65 bits per heavy atom. The molecule has 1 atom stereocenters. The largest absolute Gasteiger partial charge is 0.496 e. The number of dihydropyridines is 1. The number of amides is 1. The quantitative estimate of drug-likeness (QED) is 0.687. The first-order valence-electron chi connectivity index (χ1n) is 9.84. The maximum Gasteiger partial charge on any atom is 0.264 e. The number of carbonyl (C=O) groups excluding carboxylic acids is 1. The van der Waals surface area contributed by atoms with Gasteiger partial charge in [-0.1, -0.05) is 45.1 Å². The zero-order valence-corrected chi connectivity index (χ0v) is 18.0. The Hall–Kier alpha value is -3.61. The molecule has 0 saturated heterocycles. The lowest BCUT2D eigenvalue weighted by Gasteiger charge is -2.25. The minimum atomic E-state index is -0.539. The fourth-order valence-electron chi connectivity index (χ4n) is 3.41. The Morgan fingerprint density at radius 1 is 1.26 bits per heavy atom. The van der Waals surface area contributed by atoms with Crippen LogP contribution < -0.4 is 21.3 Å². The van der Waals surface area contributed by atoms with Crippen molar-refractivity contribution in [2.75, 3.05) is 7.11 Å². The minimum absolute atomic E-state index is 0.234. The Bertz CT molecular complexity index is 1150. The topological polar surface area (TPSA) is 97.2 Å². The van der Waals surface area contributed by atoms with Crippen molar-refractivity contribution in [2.24, 2.45) is 5.73 Å². The zero-order valence-electron chi connectivity index (χ0n) is 18.0. The van der Waals surface area contributed by atoms with Crippen LogP contribution in [0.4, 0.5) is 4.39 Å². The van der Waals surface area contributed by atoms with Crippen LogP contribution in [0.15, 0.2) is 59.2 Å². The number of halogens is 1. The van der Waals surface area contributed by atoms with Crippen LogP contribution in [-0.4, -0.2) is 24.0 Å². The molecule has 3 rings (SSSR count). The number of hydrogen-bond donors (Lipinski definition) is 3. The predicted octanol–water partition coefficient (Wildman–Crippen LogP) is 3.40. The van der Waals surface area contributed by atoms with Gasteiger partial charge in [0.2, 0.25) is 0 Å². The molecule has 0 bridgehead atoms. The van der Waals surface area contributed by atoms with E-state index in [2.05, 4.69) is 10.3 Å². The third-order valence-electron chi connectivity index (χ3n) is 4.96. The van der Waals surface area contributed by atoms with Crippen LogP contribution in [0, 0.1) is 5.82 Å². The second kappa shape index (κ2) is 8.63. The molecule has 162 valence electrons. The molecular formula is C24H26FN3O3. The molecule has 31 heavy (non-hydrogen) atoms. The number of carbonyl (C=O) groups is 1. The van der Waals surface area contributed by atoms with Crippen LogP contribution in [-0.2, 0) is 10.2 Å². The number of pyridine rings is 1. The highest BCUT2D eigenvalue weighted by atomic mass is 19.1. The molecule has 7 heteroatoms. The van der Waals surface area contributed by atoms with Gasteiger partial charge in [-0.05, 0) is 35.3 Å². The van der Waals surface area contributed by atoms with E-state index in [1.807, 2.05) is 45.1 Å². The predicted molar refractivity (Wildman–Crippen MR) is 120 cm³/mol. The molecule has 0 saturated carbocycles. The van der Waals surface area contributed by atoms with E-state index in [0.717, 1.165) is 17.3 Å². The molecule has 1 amide bonds. The first kappa shape index (κ1) is 22.1. The maximum absolute atomic E-state index is 13.8. The molecule has 6 nitrogen and oxygen atoms in total. The van der Waals surface area contributed by atoms with Crippen molar-refractivity contribution in [3.63, 3.8) is 0 Å². The van der Waals surface area contributed by atoms with E-state index in [-0.39, 0.29) is 22.6 Å². The molecule has 2 heterocycles. The van der Waals surface area contributed by atoms with E-state index in [1.54, 1.807) is 25.3 Å². The number of aromatic nitrogens is 1. The van der Waals surface area contributed by atoms with Gasteiger partial charge in [0.25, 0.3) is 11.5 Å². The van der Waals surface area contributed by atoms with Gasteiger partial charge < -0.3 is 20.8 Å². The van der Waals surface area contributed by atoms with Gasteiger partial charge in [0.05, 0.1) is 13.2 Å². The standard InChI is InChI=1S/C24H26FN3O3/c1-24(2,3)19-11-15(18-12-16(25)13-27-23(18)30)10-14(21(19)31-4)8-9-17-6-5-7-20(28-17)22(26)29/h5-13,17,28H,1-4H3,(H2,26,29)(H,27,30)/b9-8+. The van der Waals surface area contributed by atoms with E-state index in [9.17, 15) is 14.0 Å². The Labute approximate surface area is 180 Å². The average molecular weight is 423 g/mol. The number of rotatable bonds is 5. The molecule has 4 N–H and O–H groups in total. The van der Waals surface area contributed by atoms with Crippen molar-refractivity contribution in [1.29, 1.82) is 0 Å². The van der Waals surface area contributed by atoms with Crippen molar-refractivity contribution in [2.45, 2.75) is 32.2 Å².